The van der Waals surface area contributed by atoms with Crippen LogP contribution in [0.2, 0.25) is 0 Å². The van der Waals surface area contributed by atoms with Crippen LogP contribution in [-0.2, 0) is 11.3 Å². The third-order valence-corrected chi connectivity index (χ3v) is 5.89. The highest BCUT2D eigenvalue weighted by Gasteiger charge is 2.53. The lowest BCUT2D eigenvalue weighted by Crippen LogP contribution is -2.45. The van der Waals surface area contributed by atoms with Gasteiger partial charge >= 0.3 is 0 Å². The number of aliphatic hydroxyl groups excluding tert-OH is 1. The highest BCUT2D eigenvalue weighted by Crippen LogP contribution is 2.45. The van der Waals surface area contributed by atoms with Gasteiger partial charge in [-0.1, -0.05) is 60.7 Å². The Kier molecular flexibility index (Phi) is 4.79. The molecule has 0 bridgehead atoms. The highest BCUT2D eigenvalue weighted by atomic mass is 16.3. The lowest BCUT2D eigenvalue weighted by molar-refractivity contribution is -0.139. The fraction of sp³-hybridized carbons (Fsp3) is 0.409. The zero-order valence-electron chi connectivity index (χ0n) is 15.0. The molecular formula is C22H26N2O2. The van der Waals surface area contributed by atoms with Crippen molar-refractivity contribution in [1.29, 1.82) is 0 Å². The number of nitrogens with zero attached hydrogens (tertiary/aromatic N) is 1. The van der Waals surface area contributed by atoms with E-state index in [1.807, 2.05) is 65.6 Å². The Morgan fingerprint density at radius 2 is 1.81 bits per heavy atom. The van der Waals surface area contributed by atoms with Crippen LogP contribution in [-0.4, -0.2) is 35.0 Å². The van der Waals surface area contributed by atoms with Gasteiger partial charge in [-0.3, -0.25) is 4.79 Å². The summed E-state index contributed by atoms with van der Waals surface area (Å²) in [5.41, 5.74) is 1.61. The van der Waals surface area contributed by atoms with Crippen molar-refractivity contribution in [3.63, 3.8) is 0 Å². The maximum absolute atomic E-state index is 13.4. The average Bonchev–Trinajstić information content (AvgIpc) is 2.95. The quantitative estimate of drug-likeness (QED) is 0.891. The van der Waals surface area contributed by atoms with Gasteiger partial charge in [-0.2, -0.15) is 0 Å². The second kappa shape index (κ2) is 7.22. The van der Waals surface area contributed by atoms with E-state index in [0.717, 1.165) is 37.1 Å². The second-order valence-corrected chi connectivity index (χ2v) is 7.61. The van der Waals surface area contributed by atoms with E-state index in [1.165, 1.54) is 0 Å². The lowest BCUT2D eigenvalue weighted by Gasteiger charge is -2.32. The van der Waals surface area contributed by atoms with E-state index in [9.17, 15) is 9.90 Å². The number of benzene rings is 2. The van der Waals surface area contributed by atoms with Gasteiger partial charge in [-0.05, 0) is 36.9 Å². The third kappa shape index (κ3) is 3.15. The minimum atomic E-state index is -0.662. The first-order valence-corrected chi connectivity index (χ1v) is 9.48. The van der Waals surface area contributed by atoms with Crippen molar-refractivity contribution in [2.24, 2.45) is 5.41 Å². The number of nitrogens with one attached hydrogen (secondary N) is 1. The number of likely N-dealkylation sites (tertiary alicyclic amines) is 1. The van der Waals surface area contributed by atoms with Gasteiger partial charge in [0, 0.05) is 13.1 Å². The fourth-order valence-electron chi connectivity index (χ4n) is 4.50. The molecule has 0 aromatic heterocycles. The van der Waals surface area contributed by atoms with Crippen LogP contribution in [0.15, 0.2) is 60.7 Å². The van der Waals surface area contributed by atoms with Crippen molar-refractivity contribution in [3.8, 4) is 0 Å². The van der Waals surface area contributed by atoms with Crippen molar-refractivity contribution >= 4 is 5.91 Å². The first-order valence-electron chi connectivity index (χ1n) is 9.48. The van der Waals surface area contributed by atoms with Crippen LogP contribution in [0.25, 0.3) is 0 Å². The molecule has 3 atom stereocenters. The van der Waals surface area contributed by atoms with Crippen LogP contribution in [0.5, 0.6) is 0 Å². The number of hydrogen-bond acceptors (Lipinski definition) is 3. The Labute approximate surface area is 154 Å². The summed E-state index contributed by atoms with van der Waals surface area (Å²) in [4.78, 5) is 15.3. The van der Waals surface area contributed by atoms with Crippen molar-refractivity contribution < 1.29 is 9.90 Å². The first-order chi connectivity index (χ1) is 12.7. The Hall–Kier alpha value is -2.17. The molecule has 4 heteroatoms. The Morgan fingerprint density at radius 1 is 1.12 bits per heavy atom. The van der Waals surface area contributed by atoms with Gasteiger partial charge in [-0.15, -0.1) is 0 Å². The summed E-state index contributed by atoms with van der Waals surface area (Å²) in [5.74, 6) is 0.188. The van der Waals surface area contributed by atoms with Crippen molar-refractivity contribution in [2.45, 2.75) is 38.0 Å². The molecular weight excluding hydrogens is 324 g/mol. The molecule has 26 heavy (non-hydrogen) atoms. The Morgan fingerprint density at radius 3 is 2.46 bits per heavy atom. The molecule has 2 aliphatic rings. The molecule has 4 nitrogen and oxygen atoms in total. The minimum absolute atomic E-state index is 0.188. The van der Waals surface area contributed by atoms with E-state index in [1.54, 1.807) is 0 Å². The van der Waals surface area contributed by atoms with E-state index >= 15 is 0 Å². The number of hydrogen-bond donors (Lipinski definition) is 2. The summed E-state index contributed by atoms with van der Waals surface area (Å²) in [6.45, 7) is 2.24. The smallest absolute Gasteiger partial charge is 0.230 e. The van der Waals surface area contributed by atoms with Crippen LogP contribution >= 0.6 is 0 Å². The van der Waals surface area contributed by atoms with E-state index in [2.05, 4.69) is 5.32 Å². The maximum atomic E-state index is 13.4. The summed E-state index contributed by atoms with van der Waals surface area (Å²) in [7, 11) is 0. The van der Waals surface area contributed by atoms with Gasteiger partial charge in [-0.25, -0.2) is 0 Å². The molecule has 2 fully saturated rings. The van der Waals surface area contributed by atoms with Crippen LogP contribution in [0.4, 0.5) is 0 Å². The molecule has 2 aliphatic heterocycles. The molecule has 2 aromatic carbocycles. The Bertz CT molecular complexity index is 741. The first kappa shape index (κ1) is 17.3. The van der Waals surface area contributed by atoms with Gasteiger partial charge in [0.15, 0.2) is 0 Å². The van der Waals surface area contributed by atoms with Gasteiger partial charge in [0.25, 0.3) is 0 Å². The van der Waals surface area contributed by atoms with Crippen LogP contribution in [0.1, 0.15) is 36.5 Å². The number of rotatable bonds is 4. The molecule has 2 N–H and O–H groups in total. The summed E-state index contributed by atoms with van der Waals surface area (Å²) < 4.78 is 0. The molecule has 0 saturated carbocycles. The molecule has 1 amide bonds. The van der Waals surface area contributed by atoms with Crippen molar-refractivity contribution in [3.05, 3.63) is 71.8 Å². The fourth-order valence-corrected chi connectivity index (χ4v) is 4.50. The van der Waals surface area contributed by atoms with Gasteiger partial charge < -0.3 is 15.3 Å². The van der Waals surface area contributed by atoms with Gasteiger partial charge in [0.1, 0.15) is 0 Å². The summed E-state index contributed by atoms with van der Waals surface area (Å²) in [6, 6.07) is 19.6. The number of aliphatic hydroxyl groups is 1. The van der Waals surface area contributed by atoms with Crippen LogP contribution < -0.4 is 5.32 Å². The average molecular weight is 350 g/mol. The molecule has 1 spiro atoms. The molecule has 4 rings (SSSR count). The number of piperidine rings is 1. The molecule has 0 unspecified atom stereocenters. The molecule has 136 valence electrons. The summed E-state index contributed by atoms with van der Waals surface area (Å²) in [5, 5.41) is 14.5. The minimum Gasteiger partial charge on any atom is -0.386 e. The topological polar surface area (TPSA) is 52.6 Å². The van der Waals surface area contributed by atoms with Crippen LogP contribution in [0.3, 0.4) is 0 Å². The number of carbonyl (C=O) groups excluding carboxylic acids is 1. The van der Waals surface area contributed by atoms with Crippen molar-refractivity contribution in [1.82, 2.24) is 10.2 Å². The van der Waals surface area contributed by atoms with E-state index < -0.39 is 6.10 Å². The van der Waals surface area contributed by atoms with E-state index in [4.69, 9.17) is 0 Å². The highest BCUT2D eigenvalue weighted by molar-refractivity contribution is 5.86. The molecule has 2 aromatic rings. The number of carbonyl (C=O) groups is 1. The molecule has 2 heterocycles. The molecule has 2 saturated heterocycles. The summed E-state index contributed by atoms with van der Waals surface area (Å²) in [6.07, 6.45) is 1.97. The monoisotopic (exact) mass is 350 g/mol. The SMILES string of the molecule is O=C1N(Cc2ccccc2)[C@@H]([C@@H](O)c2ccccc2)C[C@@]12CCCNC2. The summed E-state index contributed by atoms with van der Waals surface area (Å²) >= 11 is 0. The standard InChI is InChI=1S/C22H26N2O2/c25-20(18-10-5-2-6-11-18)19-14-22(12-7-13-23-16-22)21(26)24(19)15-17-8-3-1-4-9-17/h1-6,8-11,19-20,23,25H,7,12-16H2/t19-,20+,22-/m1/s1. The number of amides is 1. The van der Waals surface area contributed by atoms with Crippen molar-refractivity contribution in [2.75, 3.05) is 13.1 Å². The van der Waals surface area contributed by atoms with E-state index in [-0.39, 0.29) is 17.4 Å². The molecule has 0 radical (unpaired) electrons. The van der Waals surface area contributed by atoms with Crippen LogP contribution in [0, 0.1) is 5.41 Å². The zero-order valence-corrected chi connectivity index (χ0v) is 15.0. The zero-order chi connectivity index (χ0) is 18.0. The Balaban J connectivity index is 1.65. The lowest BCUT2D eigenvalue weighted by atomic mass is 9.77. The predicted molar refractivity (Wildman–Crippen MR) is 101 cm³/mol. The van der Waals surface area contributed by atoms with Gasteiger partial charge in [0.05, 0.1) is 17.6 Å². The predicted octanol–water partition coefficient (Wildman–Crippen LogP) is 2.89. The largest absolute Gasteiger partial charge is 0.386 e. The van der Waals surface area contributed by atoms with E-state index in [0.29, 0.717) is 13.0 Å². The maximum Gasteiger partial charge on any atom is 0.230 e. The molecule has 0 aliphatic carbocycles. The van der Waals surface area contributed by atoms with Gasteiger partial charge in [0.2, 0.25) is 5.91 Å². The third-order valence-electron chi connectivity index (χ3n) is 5.89. The second-order valence-electron chi connectivity index (χ2n) is 7.61. The normalized spacial score (nSPS) is 27.0.